The van der Waals surface area contributed by atoms with Crippen molar-refractivity contribution in [1.29, 1.82) is 0 Å². The van der Waals surface area contributed by atoms with Crippen molar-refractivity contribution in [2.75, 3.05) is 19.6 Å². The second-order valence-electron chi connectivity index (χ2n) is 6.50. The summed E-state index contributed by atoms with van der Waals surface area (Å²) in [5, 5.41) is 8.96. The Morgan fingerprint density at radius 1 is 1.22 bits per heavy atom. The molecule has 0 bridgehead atoms. The lowest BCUT2D eigenvalue weighted by Crippen LogP contribution is -2.43. The zero-order chi connectivity index (χ0) is 20.2. The van der Waals surface area contributed by atoms with Gasteiger partial charge in [-0.2, -0.15) is 13.2 Å². The molecular formula is C18H21F3N2O4. The van der Waals surface area contributed by atoms with Crippen molar-refractivity contribution < 1.29 is 32.7 Å². The van der Waals surface area contributed by atoms with Gasteiger partial charge in [0.15, 0.2) is 0 Å². The van der Waals surface area contributed by atoms with E-state index in [0.29, 0.717) is 25.8 Å². The van der Waals surface area contributed by atoms with Crippen LogP contribution in [0, 0.1) is 0 Å². The van der Waals surface area contributed by atoms with Crippen molar-refractivity contribution in [3.8, 4) is 0 Å². The average molecular weight is 386 g/mol. The highest BCUT2D eigenvalue weighted by Crippen LogP contribution is 2.30. The number of nitrogens with zero attached hydrogens (tertiary/aromatic N) is 2. The fourth-order valence-corrected chi connectivity index (χ4v) is 3.25. The van der Waals surface area contributed by atoms with Crippen molar-refractivity contribution in [2.45, 2.75) is 38.4 Å². The van der Waals surface area contributed by atoms with Gasteiger partial charge in [-0.25, -0.2) is 0 Å². The van der Waals surface area contributed by atoms with Gasteiger partial charge in [-0.3, -0.25) is 14.4 Å². The number of amides is 2. The first-order valence-electron chi connectivity index (χ1n) is 8.55. The van der Waals surface area contributed by atoms with Crippen molar-refractivity contribution in [1.82, 2.24) is 9.80 Å². The molecule has 1 aliphatic rings. The van der Waals surface area contributed by atoms with Gasteiger partial charge in [0.05, 0.1) is 5.56 Å². The molecule has 1 aromatic rings. The van der Waals surface area contributed by atoms with E-state index in [1.165, 1.54) is 28.9 Å². The van der Waals surface area contributed by atoms with Gasteiger partial charge in [0.25, 0.3) is 5.91 Å². The highest BCUT2D eigenvalue weighted by atomic mass is 19.4. The number of carbonyl (C=O) groups excluding carboxylic acids is 2. The Morgan fingerprint density at radius 2 is 1.93 bits per heavy atom. The van der Waals surface area contributed by atoms with E-state index in [1.807, 2.05) is 0 Å². The predicted octanol–water partition coefficient (Wildman–Crippen LogP) is 2.63. The SMILES string of the molecule is CC(=O)N(CC(=O)O)C1CCCN(C(=O)c2cccc(C(F)(F)F)c2)CC1. The number of hydrogen-bond donors (Lipinski definition) is 1. The molecule has 2 rings (SSSR count). The Kier molecular flexibility index (Phi) is 6.45. The van der Waals surface area contributed by atoms with Crippen LogP contribution in [0.15, 0.2) is 24.3 Å². The molecule has 1 fully saturated rings. The number of carboxylic acid groups (broad SMARTS) is 1. The monoisotopic (exact) mass is 386 g/mol. The maximum absolute atomic E-state index is 12.8. The summed E-state index contributed by atoms with van der Waals surface area (Å²) in [6.45, 7) is 1.45. The molecule has 1 unspecified atom stereocenters. The zero-order valence-electron chi connectivity index (χ0n) is 14.8. The van der Waals surface area contributed by atoms with Gasteiger partial charge >= 0.3 is 12.1 Å². The number of halogens is 3. The molecule has 1 heterocycles. The van der Waals surface area contributed by atoms with Crippen molar-refractivity contribution in [3.63, 3.8) is 0 Å². The fourth-order valence-electron chi connectivity index (χ4n) is 3.25. The minimum atomic E-state index is -4.53. The van der Waals surface area contributed by atoms with E-state index >= 15 is 0 Å². The number of carboxylic acids is 1. The second-order valence-corrected chi connectivity index (χ2v) is 6.50. The van der Waals surface area contributed by atoms with Crippen LogP contribution in [0.1, 0.15) is 42.1 Å². The van der Waals surface area contributed by atoms with E-state index < -0.39 is 30.2 Å². The van der Waals surface area contributed by atoms with Crippen LogP contribution in [-0.2, 0) is 15.8 Å². The fraction of sp³-hybridized carbons (Fsp3) is 0.500. The largest absolute Gasteiger partial charge is 0.480 e. The van der Waals surface area contributed by atoms with Crippen LogP contribution in [0.5, 0.6) is 0 Å². The second kappa shape index (κ2) is 8.41. The van der Waals surface area contributed by atoms with Crippen molar-refractivity contribution in [2.24, 2.45) is 0 Å². The highest BCUT2D eigenvalue weighted by Gasteiger charge is 2.32. The van der Waals surface area contributed by atoms with Crippen LogP contribution in [0.2, 0.25) is 0 Å². The molecule has 1 aromatic carbocycles. The predicted molar refractivity (Wildman–Crippen MR) is 90.0 cm³/mol. The molecule has 6 nitrogen and oxygen atoms in total. The summed E-state index contributed by atoms with van der Waals surface area (Å²) in [7, 11) is 0. The zero-order valence-corrected chi connectivity index (χ0v) is 14.8. The number of rotatable bonds is 4. The van der Waals surface area contributed by atoms with Gasteiger partial charge in [-0.1, -0.05) is 6.07 Å². The summed E-state index contributed by atoms with van der Waals surface area (Å²) in [5.74, 6) is -1.99. The Bertz CT molecular complexity index is 721. The topological polar surface area (TPSA) is 77.9 Å². The van der Waals surface area contributed by atoms with E-state index in [-0.39, 0.29) is 24.1 Å². The van der Waals surface area contributed by atoms with Crippen molar-refractivity contribution in [3.05, 3.63) is 35.4 Å². The number of alkyl halides is 3. The molecule has 27 heavy (non-hydrogen) atoms. The van der Waals surface area contributed by atoms with Gasteiger partial charge in [-0.05, 0) is 37.5 Å². The van der Waals surface area contributed by atoms with Crippen LogP contribution in [-0.4, -0.2) is 58.4 Å². The molecule has 0 aromatic heterocycles. The molecule has 148 valence electrons. The average Bonchev–Trinajstić information content (AvgIpc) is 2.84. The third-order valence-electron chi connectivity index (χ3n) is 4.57. The van der Waals surface area contributed by atoms with E-state index in [1.54, 1.807) is 0 Å². The number of hydrogen-bond acceptors (Lipinski definition) is 3. The van der Waals surface area contributed by atoms with E-state index in [2.05, 4.69) is 0 Å². The summed E-state index contributed by atoms with van der Waals surface area (Å²) in [4.78, 5) is 38.0. The van der Waals surface area contributed by atoms with Gasteiger partial charge in [0.1, 0.15) is 6.54 Å². The minimum absolute atomic E-state index is 0.0442. The van der Waals surface area contributed by atoms with Gasteiger partial charge in [0.2, 0.25) is 5.91 Å². The lowest BCUT2D eigenvalue weighted by molar-refractivity contribution is -0.145. The number of carbonyl (C=O) groups is 3. The molecule has 1 aliphatic heterocycles. The quantitative estimate of drug-likeness (QED) is 0.863. The third kappa shape index (κ3) is 5.45. The van der Waals surface area contributed by atoms with Crippen LogP contribution in [0.25, 0.3) is 0 Å². The van der Waals surface area contributed by atoms with Gasteiger partial charge in [-0.15, -0.1) is 0 Å². The van der Waals surface area contributed by atoms with E-state index in [0.717, 1.165) is 12.1 Å². The molecule has 9 heteroatoms. The molecule has 1 saturated heterocycles. The first kappa shape index (κ1) is 20.7. The molecule has 0 radical (unpaired) electrons. The summed E-state index contributed by atoms with van der Waals surface area (Å²) in [6.07, 6.45) is -3.10. The normalized spacial score (nSPS) is 17.9. The highest BCUT2D eigenvalue weighted by molar-refractivity contribution is 5.94. The smallest absolute Gasteiger partial charge is 0.416 e. The molecule has 1 N–H and O–H groups in total. The van der Waals surface area contributed by atoms with Crippen molar-refractivity contribution >= 4 is 17.8 Å². The van der Waals surface area contributed by atoms with Crippen LogP contribution >= 0.6 is 0 Å². The summed E-state index contributed by atoms with van der Waals surface area (Å²) < 4.78 is 38.5. The lowest BCUT2D eigenvalue weighted by Gasteiger charge is -2.28. The Hall–Kier alpha value is -2.58. The Balaban J connectivity index is 2.10. The van der Waals surface area contributed by atoms with Crippen LogP contribution in [0.4, 0.5) is 13.2 Å². The Labute approximate surface area is 154 Å². The van der Waals surface area contributed by atoms with Gasteiger partial charge in [0, 0.05) is 31.6 Å². The molecule has 2 amide bonds. The lowest BCUT2D eigenvalue weighted by atomic mass is 10.1. The molecular weight excluding hydrogens is 365 g/mol. The minimum Gasteiger partial charge on any atom is -0.480 e. The molecule has 0 spiro atoms. The standard InChI is InChI=1S/C18H21F3N2O4/c1-12(24)23(11-16(25)26)15-6-3-8-22(9-7-15)17(27)13-4-2-5-14(10-13)18(19,20)21/h2,4-5,10,15H,3,6-9,11H2,1H3,(H,25,26). The number of aliphatic carboxylic acids is 1. The number of likely N-dealkylation sites (tertiary alicyclic amines) is 1. The molecule has 0 saturated carbocycles. The number of benzene rings is 1. The summed E-state index contributed by atoms with van der Waals surface area (Å²) in [5.41, 5.74) is -0.928. The van der Waals surface area contributed by atoms with Crippen LogP contribution < -0.4 is 0 Å². The third-order valence-corrected chi connectivity index (χ3v) is 4.57. The van der Waals surface area contributed by atoms with Gasteiger partial charge < -0.3 is 14.9 Å². The maximum Gasteiger partial charge on any atom is 0.416 e. The Morgan fingerprint density at radius 3 is 2.52 bits per heavy atom. The molecule has 1 atom stereocenters. The van der Waals surface area contributed by atoms with E-state index in [9.17, 15) is 27.6 Å². The first-order valence-corrected chi connectivity index (χ1v) is 8.55. The van der Waals surface area contributed by atoms with Crippen LogP contribution in [0.3, 0.4) is 0 Å². The summed E-state index contributed by atoms with van der Waals surface area (Å²) >= 11 is 0. The summed E-state index contributed by atoms with van der Waals surface area (Å²) in [6, 6.07) is 3.95. The molecule has 0 aliphatic carbocycles. The van der Waals surface area contributed by atoms with E-state index in [4.69, 9.17) is 5.11 Å². The maximum atomic E-state index is 12.8. The first-order chi connectivity index (χ1) is 12.6.